The molecule has 2 aliphatic rings. The lowest BCUT2D eigenvalue weighted by atomic mass is 10.0. The van der Waals surface area contributed by atoms with Crippen LogP contribution in [0.5, 0.6) is 0 Å². The second-order valence-corrected chi connectivity index (χ2v) is 9.04. The minimum atomic E-state index is -3.48. The Kier molecular flexibility index (Phi) is 4.28. The Morgan fingerprint density at radius 1 is 1.23 bits per heavy atom. The number of benzene rings is 1. The van der Waals surface area contributed by atoms with Gasteiger partial charge in [-0.3, -0.25) is 9.78 Å². The highest BCUT2D eigenvalue weighted by atomic mass is 32.2. The van der Waals surface area contributed by atoms with Crippen molar-refractivity contribution in [3.8, 4) is 0 Å². The van der Waals surface area contributed by atoms with Crippen LogP contribution in [-0.4, -0.2) is 36.7 Å². The molecule has 7 heteroatoms. The molecule has 1 saturated carbocycles. The summed E-state index contributed by atoms with van der Waals surface area (Å²) in [5.41, 5.74) is 0.760. The average molecular weight is 371 g/mol. The monoisotopic (exact) mass is 371 g/mol. The number of carbonyl (C=O) groups excluding carboxylic acids is 1. The number of aromatic nitrogens is 1. The number of nitrogens with one attached hydrogen (secondary N) is 1. The molecule has 2 aromatic rings. The fraction of sp³-hybridized carbons (Fsp3) is 0.368. The molecule has 1 amide bonds. The smallest absolute Gasteiger partial charge is 0.243 e. The van der Waals surface area contributed by atoms with Gasteiger partial charge in [-0.2, -0.15) is 4.31 Å². The summed E-state index contributed by atoms with van der Waals surface area (Å²) in [5.74, 6) is -0.0945. The molecule has 1 aromatic carbocycles. The van der Waals surface area contributed by atoms with Crippen LogP contribution >= 0.6 is 0 Å². The van der Waals surface area contributed by atoms with Crippen molar-refractivity contribution >= 4 is 15.9 Å². The highest BCUT2D eigenvalue weighted by Gasteiger charge is 2.62. The zero-order chi connectivity index (χ0) is 18.2. The van der Waals surface area contributed by atoms with Crippen molar-refractivity contribution < 1.29 is 13.2 Å². The second kappa shape index (κ2) is 6.48. The largest absolute Gasteiger partial charge is 0.352 e. The number of carbonyl (C=O) groups is 1. The van der Waals surface area contributed by atoms with Crippen LogP contribution in [0.25, 0.3) is 0 Å². The predicted molar refractivity (Wildman–Crippen MR) is 96.4 cm³/mol. The van der Waals surface area contributed by atoms with Crippen LogP contribution in [-0.2, 0) is 21.4 Å². The number of rotatable bonds is 5. The van der Waals surface area contributed by atoms with E-state index in [9.17, 15) is 13.2 Å². The lowest BCUT2D eigenvalue weighted by molar-refractivity contribution is -0.123. The number of amides is 1. The third-order valence-electron chi connectivity index (χ3n) is 5.43. The maximum atomic E-state index is 12.8. The van der Waals surface area contributed by atoms with Crippen molar-refractivity contribution in [1.82, 2.24) is 14.6 Å². The van der Waals surface area contributed by atoms with E-state index in [1.54, 1.807) is 42.7 Å². The Morgan fingerprint density at radius 3 is 2.77 bits per heavy atom. The lowest BCUT2D eigenvalue weighted by Gasteiger charge is -2.16. The van der Waals surface area contributed by atoms with E-state index in [1.807, 2.05) is 12.1 Å². The van der Waals surface area contributed by atoms with Gasteiger partial charge in [-0.15, -0.1) is 0 Å². The van der Waals surface area contributed by atoms with Gasteiger partial charge < -0.3 is 5.32 Å². The average Bonchev–Trinajstić information content (AvgIpc) is 3.20. The highest BCUT2D eigenvalue weighted by Crippen LogP contribution is 2.59. The van der Waals surface area contributed by atoms with Gasteiger partial charge in [-0.25, -0.2) is 8.42 Å². The number of nitrogens with zero attached hydrogens (tertiary/aromatic N) is 2. The van der Waals surface area contributed by atoms with Gasteiger partial charge in [0, 0.05) is 37.9 Å². The van der Waals surface area contributed by atoms with Crippen molar-refractivity contribution in [2.24, 2.45) is 11.3 Å². The molecule has 1 saturated heterocycles. The highest BCUT2D eigenvalue weighted by molar-refractivity contribution is 7.89. The quantitative estimate of drug-likeness (QED) is 0.869. The molecule has 26 heavy (non-hydrogen) atoms. The summed E-state index contributed by atoms with van der Waals surface area (Å²) in [4.78, 5) is 16.8. The maximum absolute atomic E-state index is 12.8. The van der Waals surface area contributed by atoms with E-state index in [2.05, 4.69) is 10.3 Å². The van der Waals surface area contributed by atoms with E-state index < -0.39 is 10.0 Å². The minimum absolute atomic E-state index is 0.00723. The maximum Gasteiger partial charge on any atom is 0.243 e. The summed E-state index contributed by atoms with van der Waals surface area (Å²) in [5, 5.41) is 2.95. The number of hydrogen-bond donors (Lipinski definition) is 1. The van der Waals surface area contributed by atoms with Crippen molar-refractivity contribution in [2.75, 3.05) is 13.1 Å². The molecular formula is C19H21N3O3S. The van der Waals surface area contributed by atoms with Crippen molar-refractivity contribution in [3.63, 3.8) is 0 Å². The van der Waals surface area contributed by atoms with Gasteiger partial charge in [0.25, 0.3) is 0 Å². The van der Waals surface area contributed by atoms with E-state index in [4.69, 9.17) is 0 Å². The predicted octanol–water partition coefficient (Wildman–Crippen LogP) is 1.80. The molecule has 4 rings (SSSR count). The van der Waals surface area contributed by atoms with E-state index in [0.717, 1.165) is 18.4 Å². The van der Waals surface area contributed by atoms with Gasteiger partial charge in [0.1, 0.15) is 0 Å². The fourth-order valence-corrected chi connectivity index (χ4v) is 5.35. The number of hydrogen-bond acceptors (Lipinski definition) is 4. The van der Waals surface area contributed by atoms with Gasteiger partial charge in [-0.05, 0) is 42.0 Å². The molecule has 2 atom stereocenters. The molecule has 1 aromatic heterocycles. The first kappa shape index (κ1) is 17.2. The van der Waals surface area contributed by atoms with Gasteiger partial charge in [0.2, 0.25) is 15.9 Å². The summed E-state index contributed by atoms with van der Waals surface area (Å²) in [7, 11) is -3.48. The van der Waals surface area contributed by atoms with E-state index in [-0.39, 0.29) is 17.2 Å². The molecule has 2 fully saturated rings. The van der Waals surface area contributed by atoms with Crippen molar-refractivity contribution in [1.29, 1.82) is 0 Å². The normalized spacial score (nSPS) is 25.3. The Labute approximate surface area is 153 Å². The van der Waals surface area contributed by atoms with Gasteiger partial charge >= 0.3 is 0 Å². The van der Waals surface area contributed by atoms with Crippen LogP contribution in [0.4, 0.5) is 0 Å². The minimum Gasteiger partial charge on any atom is -0.352 e. The summed E-state index contributed by atoms with van der Waals surface area (Å²) in [6.07, 6.45) is 4.92. The molecule has 1 N–H and O–H groups in total. The molecule has 1 aliphatic heterocycles. The molecule has 1 spiro atoms. The summed E-state index contributed by atoms with van der Waals surface area (Å²) in [6.45, 7) is 1.35. The van der Waals surface area contributed by atoms with Crippen molar-refractivity contribution in [2.45, 2.75) is 24.3 Å². The van der Waals surface area contributed by atoms with Crippen LogP contribution < -0.4 is 5.32 Å². The SMILES string of the molecule is O=C(NCc1cccnc1)[C@@H]1C[C@]12CCN(S(=O)(=O)c1ccccc1)C2. The molecule has 136 valence electrons. The lowest BCUT2D eigenvalue weighted by Crippen LogP contribution is -2.31. The van der Waals surface area contributed by atoms with E-state index in [1.165, 1.54) is 4.31 Å². The van der Waals surface area contributed by atoms with Gasteiger partial charge in [-0.1, -0.05) is 24.3 Å². The Hall–Kier alpha value is -2.25. The van der Waals surface area contributed by atoms with Crippen LogP contribution in [0.2, 0.25) is 0 Å². The third kappa shape index (κ3) is 3.12. The molecule has 0 bridgehead atoms. The Morgan fingerprint density at radius 2 is 2.04 bits per heavy atom. The first-order valence-electron chi connectivity index (χ1n) is 8.73. The Balaban J connectivity index is 1.38. The second-order valence-electron chi connectivity index (χ2n) is 7.10. The zero-order valence-electron chi connectivity index (χ0n) is 14.3. The van der Waals surface area contributed by atoms with Crippen LogP contribution in [0, 0.1) is 11.3 Å². The topological polar surface area (TPSA) is 79.4 Å². The fourth-order valence-electron chi connectivity index (χ4n) is 3.79. The van der Waals surface area contributed by atoms with Crippen LogP contribution in [0.3, 0.4) is 0 Å². The summed E-state index contributed by atoms with van der Waals surface area (Å²) >= 11 is 0. The van der Waals surface area contributed by atoms with Gasteiger partial charge in [0.05, 0.1) is 4.90 Å². The third-order valence-corrected chi connectivity index (χ3v) is 7.29. The van der Waals surface area contributed by atoms with Crippen LogP contribution in [0.15, 0.2) is 59.8 Å². The first-order valence-corrected chi connectivity index (χ1v) is 10.2. The molecule has 1 aliphatic carbocycles. The number of pyridine rings is 1. The van der Waals surface area contributed by atoms with E-state index >= 15 is 0 Å². The molecule has 0 radical (unpaired) electrons. The first-order chi connectivity index (χ1) is 12.5. The van der Waals surface area contributed by atoms with Crippen LogP contribution in [0.1, 0.15) is 18.4 Å². The van der Waals surface area contributed by atoms with Gasteiger partial charge in [0.15, 0.2) is 0 Å². The molecule has 2 heterocycles. The summed E-state index contributed by atoms with van der Waals surface area (Å²) in [6, 6.07) is 12.2. The van der Waals surface area contributed by atoms with Crippen molar-refractivity contribution in [3.05, 3.63) is 60.4 Å². The molecule has 6 nitrogen and oxygen atoms in total. The summed E-state index contributed by atoms with van der Waals surface area (Å²) < 4.78 is 27.0. The van der Waals surface area contributed by atoms with E-state index in [0.29, 0.717) is 24.5 Å². The standard InChI is InChI=1S/C19H21N3O3S/c23-18(21-13-15-5-4-9-20-12-15)17-11-19(17)8-10-22(14-19)26(24,25)16-6-2-1-3-7-16/h1-7,9,12,17H,8,10-11,13-14H2,(H,21,23)/t17-,19-/m0/s1. The Bertz CT molecular complexity index is 902. The zero-order valence-corrected chi connectivity index (χ0v) is 15.2. The molecule has 0 unspecified atom stereocenters. The molecular weight excluding hydrogens is 350 g/mol. The number of sulfonamides is 1.